The van der Waals surface area contributed by atoms with Crippen LogP contribution in [-0.2, 0) is 13.5 Å². The van der Waals surface area contributed by atoms with E-state index >= 15 is 0 Å². The second-order valence-corrected chi connectivity index (χ2v) is 5.82. The molecule has 0 unspecified atom stereocenters. The molecule has 0 aliphatic heterocycles. The maximum Gasteiger partial charge on any atom is 0.243 e. The Bertz CT molecular complexity index is 951. The summed E-state index contributed by atoms with van der Waals surface area (Å²) in [5, 5.41) is 0. The van der Waals surface area contributed by atoms with Crippen molar-refractivity contribution in [3.63, 3.8) is 0 Å². The Labute approximate surface area is 141 Å². The van der Waals surface area contributed by atoms with Crippen LogP contribution in [0.25, 0.3) is 17.1 Å². The lowest BCUT2D eigenvalue weighted by Crippen LogP contribution is -2.24. The molecular formula is C20H18N4. The minimum absolute atomic E-state index is 0.801. The first-order valence-electron chi connectivity index (χ1n) is 7.93. The van der Waals surface area contributed by atoms with Crippen LogP contribution in [0.5, 0.6) is 0 Å². The van der Waals surface area contributed by atoms with Crippen LogP contribution >= 0.6 is 0 Å². The van der Waals surface area contributed by atoms with Gasteiger partial charge in [-0.15, -0.1) is 0 Å². The van der Waals surface area contributed by atoms with Gasteiger partial charge in [0.25, 0.3) is 0 Å². The van der Waals surface area contributed by atoms with Crippen LogP contribution in [0, 0.1) is 6.33 Å². The molecule has 4 aromatic rings. The molecule has 0 saturated heterocycles. The summed E-state index contributed by atoms with van der Waals surface area (Å²) in [6.45, 7) is 0. The molecule has 0 radical (unpaired) electrons. The van der Waals surface area contributed by atoms with E-state index in [1.807, 2.05) is 53.0 Å². The highest BCUT2D eigenvalue weighted by atomic mass is 15.1. The first-order valence-corrected chi connectivity index (χ1v) is 7.93. The molecular weight excluding hydrogens is 296 g/mol. The zero-order chi connectivity index (χ0) is 16.4. The molecule has 3 heterocycles. The van der Waals surface area contributed by atoms with E-state index in [1.165, 1.54) is 5.56 Å². The Balaban J connectivity index is 1.61. The van der Waals surface area contributed by atoms with E-state index in [1.54, 1.807) is 0 Å². The standard InChI is InChI=1S/C20H18N4/c1-23-11-12-24(15-23)18-7-2-5-16(14-18)13-17-6-3-8-20(22-17)19-9-4-10-21-19/h2-12,14,21H,13H2,1H3. The highest BCUT2D eigenvalue weighted by Crippen LogP contribution is 2.17. The zero-order valence-electron chi connectivity index (χ0n) is 13.5. The van der Waals surface area contributed by atoms with Crippen molar-refractivity contribution in [1.29, 1.82) is 0 Å². The number of aryl methyl sites for hydroxylation is 1. The summed E-state index contributed by atoms with van der Waals surface area (Å²) in [6, 6.07) is 18.7. The number of nitrogens with zero attached hydrogens (tertiary/aromatic N) is 3. The molecule has 0 bridgehead atoms. The molecule has 0 aliphatic rings. The lowest BCUT2D eigenvalue weighted by Gasteiger charge is -2.07. The minimum atomic E-state index is 0.801. The van der Waals surface area contributed by atoms with Crippen molar-refractivity contribution in [2.24, 2.45) is 7.05 Å². The second kappa shape index (κ2) is 6.16. The predicted octanol–water partition coefficient (Wildman–Crippen LogP) is 3.08. The number of hydrogen-bond donors (Lipinski definition) is 1. The Kier molecular flexibility index (Phi) is 3.71. The van der Waals surface area contributed by atoms with Crippen LogP contribution in [-0.4, -0.2) is 14.5 Å². The van der Waals surface area contributed by atoms with Crippen molar-refractivity contribution in [3.8, 4) is 17.1 Å². The molecule has 0 amide bonds. The fraction of sp³-hybridized carbons (Fsp3) is 0.100. The highest BCUT2D eigenvalue weighted by Gasteiger charge is 2.04. The molecule has 3 aromatic heterocycles. The third kappa shape index (κ3) is 2.99. The smallest absolute Gasteiger partial charge is 0.243 e. The molecule has 0 atom stereocenters. The van der Waals surface area contributed by atoms with Crippen molar-refractivity contribution < 1.29 is 4.57 Å². The Morgan fingerprint density at radius 1 is 1.12 bits per heavy atom. The largest absolute Gasteiger partial charge is 0.360 e. The average molecular weight is 314 g/mol. The summed E-state index contributed by atoms with van der Waals surface area (Å²) < 4.78 is 3.90. The maximum absolute atomic E-state index is 4.77. The number of pyridine rings is 1. The van der Waals surface area contributed by atoms with Gasteiger partial charge in [0.2, 0.25) is 6.33 Å². The average Bonchev–Trinajstić information content (AvgIpc) is 3.27. The van der Waals surface area contributed by atoms with Crippen LogP contribution in [0.2, 0.25) is 0 Å². The normalized spacial score (nSPS) is 10.9. The van der Waals surface area contributed by atoms with Gasteiger partial charge in [0.05, 0.1) is 24.1 Å². The molecule has 4 heteroatoms. The van der Waals surface area contributed by atoms with E-state index in [9.17, 15) is 0 Å². The topological polar surface area (TPSA) is 37.5 Å². The summed E-state index contributed by atoms with van der Waals surface area (Å²) >= 11 is 0. The second-order valence-electron chi connectivity index (χ2n) is 5.82. The van der Waals surface area contributed by atoms with E-state index < -0.39 is 0 Å². The van der Waals surface area contributed by atoms with Gasteiger partial charge in [0.15, 0.2) is 0 Å². The van der Waals surface area contributed by atoms with Gasteiger partial charge < -0.3 is 14.1 Å². The van der Waals surface area contributed by atoms with Gasteiger partial charge in [0, 0.05) is 30.7 Å². The molecule has 0 aliphatic carbocycles. The van der Waals surface area contributed by atoms with E-state index in [0.717, 1.165) is 29.2 Å². The quantitative estimate of drug-likeness (QED) is 0.456. The van der Waals surface area contributed by atoms with E-state index in [0.29, 0.717) is 0 Å². The Morgan fingerprint density at radius 2 is 2.04 bits per heavy atom. The number of imidazole rings is 1. The number of aromatic nitrogens is 4. The summed E-state index contributed by atoms with van der Waals surface area (Å²) in [5.41, 5.74) is 5.41. The Morgan fingerprint density at radius 3 is 2.83 bits per heavy atom. The third-order valence-electron chi connectivity index (χ3n) is 3.96. The van der Waals surface area contributed by atoms with Gasteiger partial charge in [0.1, 0.15) is 0 Å². The maximum atomic E-state index is 4.77. The molecule has 118 valence electrons. The molecule has 0 fully saturated rings. The SMILES string of the molecule is C[n+]1[c-]n(-c2cccc(Cc3cccc(-c4ccc[nH]4)n3)c2)cc1. The molecule has 0 spiro atoms. The molecule has 1 N–H and O–H groups in total. The lowest BCUT2D eigenvalue weighted by molar-refractivity contribution is -0.674. The van der Waals surface area contributed by atoms with Crippen LogP contribution in [0.1, 0.15) is 11.3 Å². The highest BCUT2D eigenvalue weighted by molar-refractivity contribution is 5.54. The number of H-pyrrole nitrogens is 1. The number of benzene rings is 1. The first kappa shape index (κ1) is 14.5. The molecule has 4 nitrogen and oxygen atoms in total. The lowest BCUT2D eigenvalue weighted by atomic mass is 10.1. The zero-order valence-corrected chi connectivity index (χ0v) is 13.5. The van der Waals surface area contributed by atoms with E-state index in [-0.39, 0.29) is 0 Å². The van der Waals surface area contributed by atoms with Crippen molar-refractivity contribution in [2.45, 2.75) is 6.42 Å². The monoisotopic (exact) mass is 314 g/mol. The van der Waals surface area contributed by atoms with E-state index in [4.69, 9.17) is 4.98 Å². The van der Waals surface area contributed by atoms with Crippen molar-refractivity contribution in [2.75, 3.05) is 0 Å². The fourth-order valence-electron chi connectivity index (χ4n) is 2.79. The van der Waals surface area contributed by atoms with Crippen LogP contribution in [0.15, 0.2) is 73.2 Å². The number of hydrogen-bond acceptors (Lipinski definition) is 1. The summed E-state index contributed by atoms with van der Waals surface area (Å²) in [6.07, 6.45) is 9.93. The summed E-state index contributed by atoms with van der Waals surface area (Å²) in [5.74, 6) is 0. The van der Waals surface area contributed by atoms with Gasteiger partial charge in [-0.1, -0.05) is 30.3 Å². The molecule has 24 heavy (non-hydrogen) atoms. The van der Waals surface area contributed by atoms with Crippen molar-refractivity contribution >= 4 is 0 Å². The van der Waals surface area contributed by atoms with Crippen LogP contribution in [0.3, 0.4) is 0 Å². The summed E-state index contributed by atoms with van der Waals surface area (Å²) in [7, 11) is 1.97. The number of nitrogens with one attached hydrogen (secondary N) is 1. The summed E-state index contributed by atoms with van der Waals surface area (Å²) in [4.78, 5) is 7.97. The van der Waals surface area contributed by atoms with Gasteiger partial charge in [-0.2, -0.15) is 0 Å². The molecule has 4 rings (SSSR count). The molecule has 0 saturated carbocycles. The van der Waals surface area contributed by atoms with Gasteiger partial charge in [-0.3, -0.25) is 4.98 Å². The number of aromatic amines is 1. The van der Waals surface area contributed by atoms with E-state index in [2.05, 4.69) is 47.7 Å². The van der Waals surface area contributed by atoms with Crippen molar-refractivity contribution in [1.82, 2.24) is 14.5 Å². The van der Waals surface area contributed by atoms with Gasteiger partial charge >= 0.3 is 0 Å². The Hall–Kier alpha value is -3.14. The number of rotatable bonds is 4. The van der Waals surface area contributed by atoms with Gasteiger partial charge in [-0.05, 0) is 29.8 Å². The first-order chi connectivity index (χ1) is 11.8. The molecule has 1 aromatic carbocycles. The minimum Gasteiger partial charge on any atom is -0.360 e. The fourth-order valence-corrected chi connectivity index (χ4v) is 2.79. The van der Waals surface area contributed by atoms with Crippen LogP contribution in [0.4, 0.5) is 0 Å². The van der Waals surface area contributed by atoms with Gasteiger partial charge in [-0.25, -0.2) is 0 Å². The van der Waals surface area contributed by atoms with Crippen LogP contribution < -0.4 is 4.57 Å². The van der Waals surface area contributed by atoms with Crippen molar-refractivity contribution in [3.05, 3.63) is 90.8 Å². The third-order valence-corrected chi connectivity index (χ3v) is 3.96. The predicted molar refractivity (Wildman–Crippen MR) is 92.6 cm³/mol.